The van der Waals surface area contributed by atoms with Crippen molar-refractivity contribution in [1.29, 1.82) is 0 Å². The van der Waals surface area contributed by atoms with Crippen LogP contribution in [0.1, 0.15) is 26.7 Å². The molecule has 6 heteroatoms. The van der Waals surface area contributed by atoms with Crippen LogP contribution in [-0.4, -0.2) is 50.5 Å². The lowest BCUT2D eigenvalue weighted by Crippen LogP contribution is -2.55. The summed E-state index contributed by atoms with van der Waals surface area (Å²) in [5.74, 6) is 0.717. The lowest BCUT2D eigenvalue weighted by Gasteiger charge is -2.20. The Hall–Kier alpha value is -0.590. The van der Waals surface area contributed by atoms with Gasteiger partial charge in [0.25, 0.3) is 5.91 Å². The molecule has 0 radical (unpaired) electrons. The third kappa shape index (κ3) is 10.6. The summed E-state index contributed by atoms with van der Waals surface area (Å²) in [4.78, 5) is 22.1. The first-order chi connectivity index (χ1) is 8.60. The number of hydrogen-bond donors (Lipinski definition) is 3. The Bertz CT molecular complexity index is 215. The van der Waals surface area contributed by atoms with Crippen LogP contribution in [-0.2, 0) is 9.59 Å². The van der Waals surface area contributed by atoms with Crippen molar-refractivity contribution < 1.29 is 9.59 Å². The molecular formula is C12H27N3O2S. The number of nitrogens with one attached hydrogen (secondary N) is 3. The molecule has 0 aromatic rings. The smallest absolute Gasteiger partial charge is 0.251 e. The van der Waals surface area contributed by atoms with Crippen molar-refractivity contribution in [2.75, 3.05) is 26.1 Å². The molecule has 5 nitrogen and oxygen atoms in total. The van der Waals surface area contributed by atoms with Crippen molar-refractivity contribution in [1.82, 2.24) is 16.0 Å². The minimum Gasteiger partial charge on any atom is -0.357 e. The maximum absolute atomic E-state index is 11.3. The fourth-order valence-corrected chi connectivity index (χ4v) is 1.57. The first-order valence-corrected chi connectivity index (χ1v) is 7.59. The van der Waals surface area contributed by atoms with Crippen LogP contribution in [0.25, 0.3) is 0 Å². The predicted molar refractivity (Wildman–Crippen MR) is 78.9 cm³/mol. The van der Waals surface area contributed by atoms with Crippen molar-refractivity contribution in [2.24, 2.45) is 0 Å². The number of hydrogen-bond acceptors (Lipinski definition) is 5. The molecule has 3 N–H and O–H groups in total. The maximum atomic E-state index is 11.3. The average molecular weight is 277 g/mol. The zero-order valence-electron chi connectivity index (χ0n) is 12.1. The molecule has 0 spiro atoms. The zero-order chi connectivity index (χ0) is 14.4. The Balaban J connectivity index is 0. The molecule has 2 atom stereocenters. The van der Waals surface area contributed by atoms with Crippen LogP contribution in [0.2, 0.25) is 0 Å². The third-order valence-corrected chi connectivity index (χ3v) is 2.62. The first kappa shape index (κ1) is 19.7. The van der Waals surface area contributed by atoms with Gasteiger partial charge in [0.1, 0.15) is 12.5 Å². The van der Waals surface area contributed by atoms with Gasteiger partial charge in [0.15, 0.2) is 0 Å². The molecule has 0 fully saturated rings. The van der Waals surface area contributed by atoms with E-state index in [4.69, 9.17) is 0 Å². The Morgan fingerprint density at radius 2 is 1.89 bits per heavy atom. The topological polar surface area (TPSA) is 70.2 Å². The molecule has 108 valence electrons. The molecule has 0 aromatic heterocycles. The molecule has 1 amide bonds. The van der Waals surface area contributed by atoms with Gasteiger partial charge in [0, 0.05) is 7.05 Å². The van der Waals surface area contributed by atoms with Gasteiger partial charge in [-0.15, -0.1) is 0 Å². The van der Waals surface area contributed by atoms with Gasteiger partial charge >= 0.3 is 0 Å². The molecule has 0 aliphatic heterocycles. The summed E-state index contributed by atoms with van der Waals surface area (Å²) in [7, 11) is 3.23. The van der Waals surface area contributed by atoms with Crippen LogP contribution < -0.4 is 16.0 Å². The SMILES string of the molecule is CCC.CNC(=O)[C@@H](NC)N[C@H](C=O)CCSC. The van der Waals surface area contributed by atoms with Crippen molar-refractivity contribution in [3.63, 3.8) is 0 Å². The van der Waals surface area contributed by atoms with Crippen LogP contribution in [0, 0.1) is 0 Å². The van der Waals surface area contributed by atoms with E-state index in [0.717, 1.165) is 18.5 Å². The normalized spacial score (nSPS) is 12.9. The van der Waals surface area contributed by atoms with Gasteiger partial charge in [-0.1, -0.05) is 20.3 Å². The molecule has 0 saturated heterocycles. The van der Waals surface area contributed by atoms with E-state index in [1.165, 1.54) is 6.42 Å². The minimum atomic E-state index is -0.521. The summed E-state index contributed by atoms with van der Waals surface area (Å²) >= 11 is 1.67. The molecule has 0 heterocycles. The summed E-state index contributed by atoms with van der Waals surface area (Å²) < 4.78 is 0. The third-order valence-electron chi connectivity index (χ3n) is 1.98. The summed E-state index contributed by atoms with van der Waals surface area (Å²) in [6.07, 6.45) is 4.27. The largest absolute Gasteiger partial charge is 0.357 e. The van der Waals surface area contributed by atoms with Crippen LogP contribution >= 0.6 is 11.8 Å². The van der Waals surface area contributed by atoms with Gasteiger partial charge in [0.2, 0.25) is 0 Å². The molecular weight excluding hydrogens is 250 g/mol. The molecule has 0 unspecified atom stereocenters. The second kappa shape index (κ2) is 14.5. The van der Waals surface area contributed by atoms with E-state index >= 15 is 0 Å². The highest BCUT2D eigenvalue weighted by Gasteiger charge is 2.18. The Kier molecular flexibility index (Phi) is 15.9. The molecule has 0 aromatic carbocycles. The Labute approximate surface area is 115 Å². The Morgan fingerprint density at radius 1 is 1.33 bits per heavy atom. The lowest BCUT2D eigenvalue weighted by atomic mass is 10.2. The van der Waals surface area contributed by atoms with E-state index in [2.05, 4.69) is 29.8 Å². The van der Waals surface area contributed by atoms with Crippen molar-refractivity contribution in [3.05, 3.63) is 0 Å². The van der Waals surface area contributed by atoms with Gasteiger partial charge in [-0.3, -0.25) is 15.4 Å². The van der Waals surface area contributed by atoms with E-state index in [1.54, 1.807) is 25.9 Å². The van der Waals surface area contributed by atoms with Gasteiger partial charge in [0.05, 0.1) is 6.04 Å². The minimum absolute atomic E-state index is 0.173. The fourth-order valence-electron chi connectivity index (χ4n) is 1.08. The van der Waals surface area contributed by atoms with Crippen molar-refractivity contribution in [2.45, 2.75) is 38.9 Å². The van der Waals surface area contributed by atoms with Crippen LogP contribution in [0.4, 0.5) is 0 Å². The van der Waals surface area contributed by atoms with E-state index in [0.29, 0.717) is 0 Å². The molecule has 18 heavy (non-hydrogen) atoms. The van der Waals surface area contributed by atoms with Gasteiger partial charge in [-0.25, -0.2) is 0 Å². The second-order valence-electron chi connectivity index (χ2n) is 3.73. The first-order valence-electron chi connectivity index (χ1n) is 6.20. The lowest BCUT2D eigenvalue weighted by molar-refractivity contribution is -0.123. The molecule has 0 aliphatic carbocycles. The standard InChI is InChI=1S/C9H19N3O2S.C3H8/c1-10-8(9(14)11-2)12-7(6-13)4-5-15-3;1-3-2/h6-8,10,12H,4-5H2,1-3H3,(H,11,14);3H2,1-2H3/t7-,8-;/m0./s1. The quantitative estimate of drug-likeness (QED) is 0.448. The van der Waals surface area contributed by atoms with Crippen LogP contribution in [0.15, 0.2) is 0 Å². The van der Waals surface area contributed by atoms with Gasteiger partial charge in [-0.2, -0.15) is 11.8 Å². The van der Waals surface area contributed by atoms with Crippen LogP contribution in [0.3, 0.4) is 0 Å². The number of aldehydes is 1. The molecule has 0 rings (SSSR count). The van der Waals surface area contributed by atoms with Crippen molar-refractivity contribution >= 4 is 24.0 Å². The number of carbonyl (C=O) groups excluding carboxylic acids is 2. The number of thioether (sulfide) groups is 1. The highest BCUT2D eigenvalue weighted by Crippen LogP contribution is 1.99. The van der Waals surface area contributed by atoms with E-state index in [1.807, 2.05) is 6.26 Å². The van der Waals surface area contributed by atoms with Gasteiger partial charge in [-0.05, 0) is 25.5 Å². The molecule has 0 bridgehead atoms. The summed E-state index contributed by atoms with van der Waals surface area (Å²) in [5, 5.41) is 8.26. The number of likely N-dealkylation sites (N-methyl/N-ethyl adjacent to an activating group) is 2. The summed E-state index contributed by atoms with van der Waals surface area (Å²) in [6.45, 7) is 4.25. The average Bonchev–Trinajstić information content (AvgIpc) is 2.39. The van der Waals surface area contributed by atoms with Gasteiger partial charge < -0.3 is 10.1 Å². The van der Waals surface area contributed by atoms with E-state index < -0.39 is 6.17 Å². The van der Waals surface area contributed by atoms with Crippen molar-refractivity contribution in [3.8, 4) is 0 Å². The van der Waals surface area contributed by atoms with E-state index in [9.17, 15) is 9.59 Å². The van der Waals surface area contributed by atoms with Crippen LogP contribution in [0.5, 0.6) is 0 Å². The molecule has 0 aliphatic rings. The fraction of sp³-hybridized carbons (Fsp3) is 0.833. The Morgan fingerprint density at radius 3 is 2.22 bits per heavy atom. The van der Waals surface area contributed by atoms with E-state index in [-0.39, 0.29) is 11.9 Å². The second-order valence-corrected chi connectivity index (χ2v) is 4.72. The number of amides is 1. The zero-order valence-corrected chi connectivity index (χ0v) is 12.9. The predicted octanol–water partition coefficient (Wildman–Crippen LogP) is 0.604. The monoisotopic (exact) mass is 277 g/mol. The maximum Gasteiger partial charge on any atom is 0.251 e. The number of rotatable bonds is 8. The highest BCUT2D eigenvalue weighted by molar-refractivity contribution is 7.98. The summed E-state index contributed by atoms with van der Waals surface area (Å²) in [5.41, 5.74) is 0. The molecule has 0 saturated carbocycles. The summed E-state index contributed by atoms with van der Waals surface area (Å²) in [6, 6.07) is -0.285. The highest BCUT2D eigenvalue weighted by atomic mass is 32.2. The number of carbonyl (C=O) groups is 2.